The van der Waals surface area contributed by atoms with Crippen molar-refractivity contribution >= 4 is 12.6 Å². The molecule has 0 aromatic heterocycles. The van der Waals surface area contributed by atoms with E-state index in [2.05, 4.69) is 12.6 Å². The summed E-state index contributed by atoms with van der Waals surface area (Å²) in [5.41, 5.74) is 0. The Morgan fingerprint density at radius 1 is 2.00 bits per heavy atom. The van der Waals surface area contributed by atoms with Crippen LogP contribution in [0.2, 0.25) is 0 Å². The molecular formula is C2H5O2S. The van der Waals surface area contributed by atoms with Gasteiger partial charge in [-0.25, -0.2) is 5.11 Å². The largest absolute Gasteiger partial charge is 0.365 e. The van der Waals surface area contributed by atoms with Gasteiger partial charge in [0.15, 0.2) is 6.29 Å². The molecule has 0 bridgehead atoms. The van der Waals surface area contributed by atoms with Crippen LogP contribution in [0.15, 0.2) is 0 Å². The van der Waals surface area contributed by atoms with Gasteiger partial charge in [-0.3, -0.25) is 0 Å². The lowest BCUT2D eigenvalue weighted by atomic mass is 10.8. The number of rotatable bonds is 1. The van der Waals surface area contributed by atoms with Gasteiger partial charge in [0, 0.05) is 5.75 Å². The Balaban J connectivity index is 2.54. The first-order valence-corrected chi connectivity index (χ1v) is 1.85. The number of hydrogen-bond acceptors (Lipinski definition) is 2. The van der Waals surface area contributed by atoms with Crippen molar-refractivity contribution in [2.24, 2.45) is 0 Å². The second-order valence-electron chi connectivity index (χ2n) is 0.637. The third-order valence-corrected chi connectivity index (χ3v) is 0.469. The topological polar surface area (TPSA) is 40.1 Å². The van der Waals surface area contributed by atoms with E-state index < -0.39 is 6.29 Å². The zero-order chi connectivity index (χ0) is 4.28. The van der Waals surface area contributed by atoms with E-state index in [9.17, 15) is 5.11 Å². The maximum absolute atomic E-state index is 9.38. The summed E-state index contributed by atoms with van der Waals surface area (Å²) in [5, 5.41) is 17.1. The molecule has 1 unspecified atom stereocenters. The highest BCUT2D eigenvalue weighted by atomic mass is 32.1. The zero-order valence-corrected chi connectivity index (χ0v) is 3.48. The number of aliphatic hydroxyl groups is 1. The van der Waals surface area contributed by atoms with E-state index in [0.29, 0.717) is 0 Å². The zero-order valence-electron chi connectivity index (χ0n) is 2.59. The van der Waals surface area contributed by atoms with Gasteiger partial charge in [-0.1, -0.05) is 0 Å². The summed E-state index contributed by atoms with van der Waals surface area (Å²) >= 11 is 3.45. The summed E-state index contributed by atoms with van der Waals surface area (Å²) in [6.07, 6.45) is -1.50. The molecule has 0 aliphatic carbocycles. The van der Waals surface area contributed by atoms with Crippen molar-refractivity contribution in [3.05, 3.63) is 0 Å². The summed E-state index contributed by atoms with van der Waals surface area (Å²) in [6.45, 7) is 0. The SMILES string of the molecule is [O]C(O)CS. The Hall–Kier alpha value is 0.270. The first-order valence-electron chi connectivity index (χ1n) is 1.22. The Kier molecular flexibility index (Phi) is 2.64. The monoisotopic (exact) mass is 93.0 g/mol. The fourth-order valence-electron chi connectivity index (χ4n) is 0. The third kappa shape index (κ3) is 4.27. The number of thiol groups is 1. The summed E-state index contributed by atoms with van der Waals surface area (Å²) in [6, 6.07) is 0. The van der Waals surface area contributed by atoms with Crippen molar-refractivity contribution in [2.75, 3.05) is 5.75 Å². The molecule has 0 aromatic carbocycles. The molecule has 0 aliphatic heterocycles. The van der Waals surface area contributed by atoms with Gasteiger partial charge in [0.25, 0.3) is 0 Å². The smallest absolute Gasteiger partial charge is 0.197 e. The second-order valence-corrected chi connectivity index (χ2v) is 1.00. The van der Waals surface area contributed by atoms with Crippen LogP contribution in [-0.2, 0) is 5.11 Å². The highest BCUT2D eigenvalue weighted by molar-refractivity contribution is 7.80. The van der Waals surface area contributed by atoms with E-state index >= 15 is 0 Å². The van der Waals surface area contributed by atoms with Gasteiger partial charge in [0.2, 0.25) is 0 Å². The van der Waals surface area contributed by atoms with Gasteiger partial charge in [0.1, 0.15) is 0 Å². The van der Waals surface area contributed by atoms with Crippen LogP contribution in [0.25, 0.3) is 0 Å². The van der Waals surface area contributed by atoms with E-state index in [4.69, 9.17) is 5.11 Å². The molecular weight excluding hydrogens is 88.1 g/mol. The van der Waals surface area contributed by atoms with Crippen LogP contribution >= 0.6 is 12.6 Å². The summed E-state index contributed by atoms with van der Waals surface area (Å²) in [4.78, 5) is 0. The molecule has 0 fully saturated rings. The first-order chi connectivity index (χ1) is 2.27. The lowest BCUT2D eigenvalue weighted by molar-refractivity contribution is -0.0716. The van der Waals surface area contributed by atoms with E-state index in [1.807, 2.05) is 0 Å². The van der Waals surface area contributed by atoms with Gasteiger partial charge in [-0.05, 0) is 0 Å². The maximum Gasteiger partial charge on any atom is 0.197 e. The Morgan fingerprint density at radius 3 is 2.20 bits per heavy atom. The average molecular weight is 93.1 g/mol. The van der Waals surface area contributed by atoms with Gasteiger partial charge in [-0.15, -0.1) is 0 Å². The highest BCUT2D eigenvalue weighted by Gasteiger charge is 1.87. The van der Waals surface area contributed by atoms with Crippen LogP contribution in [0.4, 0.5) is 0 Å². The summed E-state index contributed by atoms with van der Waals surface area (Å²) < 4.78 is 0. The van der Waals surface area contributed by atoms with Crippen LogP contribution in [0.3, 0.4) is 0 Å². The average Bonchev–Trinajstić information content (AvgIpc) is 1.38. The minimum atomic E-state index is -1.50. The fourth-order valence-corrected chi connectivity index (χ4v) is 0. The number of aliphatic hydroxyl groups excluding tert-OH is 1. The molecule has 1 radical (unpaired) electrons. The van der Waals surface area contributed by atoms with Gasteiger partial charge < -0.3 is 5.11 Å². The van der Waals surface area contributed by atoms with Crippen molar-refractivity contribution < 1.29 is 10.2 Å². The summed E-state index contributed by atoms with van der Waals surface area (Å²) in [7, 11) is 0. The van der Waals surface area contributed by atoms with Gasteiger partial charge >= 0.3 is 0 Å². The maximum atomic E-state index is 9.38. The van der Waals surface area contributed by atoms with Gasteiger partial charge in [-0.2, -0.15) is 12.6 Å². The Labute approximate surface area is 35.8 Å². The molecule has 0 aromatic rings. The minimum absolute atomic E-state index is 0. The van der Waals surface area contributed by atoms with Crippen molar-refractivity contribution in [2.45, 2.75) is 6.29 Å². The first kappa shape index (κ1) is 5.27. The molecule has 0 heterocycles. The lowest BCUT2D eigenvalue weighted by Crippen LogP contribution is -2.01. The molecule has 2 nitrogen and oxygen atoms in total. The summed E-state index contributed by atoms with van der Waals surface area (Å²) in [5.74, 6) is 0. The van der Waals surface area contributed by atoms with E-state index in [-0.39, 0.29) is 5.75 Å². The standard InChI is InChI=1S/C2H5O2S/c3-2(4)1-5/h2-3,5H,1H2. The van der Waals surface area contributed by atoms with Crippen molar-refractivity contribution in [1.82, 2.24) is 0 Å². The number of hydrogen-bond donors (Lipinski definition) is 2. The van der Waals surface area contributed by atoms with Crippen LogP contribution in [0, 0.1) is 0 Å². The van der Waals surface area contributed by atoms with Crippen LogP contribution < -0.4 is 0 Å². The van der Waals surface area contributed by atoms with E-state index in [1.54, 1.807) is 0 Å². The van der Waals surface area contributed by atoms with Crippen LogP contribution in [0.5, 0.6) is 0 Å². The van der Waals surface area contributed by atoms with E-state index in [0.717, 1.165) is 0 Å². The molecule has 31 valence electrons. The normalized spacial score (nSPS) is 9.60. The molecule has 3 heteroatoms. The van der Waals surface area contributed by atoms with E-state index in [1.165, 1.54) is 0 Å². The molecule has 0 amide bonds. The Morgan fingerprint density at radius 2 is 2.20 bits per heavy atom. The molecule has 0 rings (SSSR count). The minimum Gasteiger partial charge on any atom is -0.365 e. The highest BCUT2D eigenvalue weighted by Crippen LogP contribution is 1.76. The third-order valence-electron chi connectivity index (χ3n) is 0.156. The fraction of sp³-hybridized carbons (Fsp3) is 1.00. The molecule has 0 saturated carbocycles. The second kappa shape index (κ2) is 2.50. The predicted octanol–water partition coefficient (Wildman–Crippen LogP) is -0.335. The molecule has 5 heavy (non-hydrogen) atoms. The van der Waals surface area contributed by atoms with Crippen molar-refractivity contribution in [3.8, 4) is 0 Å². The molecule has 0 aliphatic rings. The van der Waals surface area contributed by atoms with Gasteiger partial charge in [0.05, 0.1) is 0 Å². The Bertz CT molecular complexity index is 21.6. The quantitative estimate of drug-likeness (QED) is 0.338. The van der Waals surface area contributed by atoms with Crippen molar-refractivity contribution in [1.29, 1.82) is 0 Å². The molecule has 1 N–H and O–H groups in total. The molecule has 1 atom stereocenters. The molecule has 0 spiro atoms. The van der Waals surface area contributed by atoms with Crippen molar-refractivity contribution in [3.63, 3.8) is 0 Å². The molecule has 0 saturated heterocycles. The predicted molar refractivity (Wildman–Crippen MR) is 20.5 cm³/mol. The lowest BCUT2D eigenvalue weighted by Gasteiger charge is -1.85. The van der Waals surface area contributed by atoms with Crippen LogP contribution in [0.1, 0.15) is 0 Å². The van der Waals surface area contributed by atoms with Crippen LogP contribution in [-0.4, -0.2) is 17.1 Å².